The van der Waals surface area contributed by atoms with Crippen LogP contribution in [0.2, 0.25) is 0 Å². The normalized spacial score (nSPS) is 21.0. The second-order valence-corrected chi connectivity index (χ2v) is 8.61. The van der Waals surface area contributed by atoms with E-state index in [4.69, 9.17) is 0 Å². The van der Waals surface area contributed by atoms with E-state index in [1.54, 1.807) is 24.3 Å². The van der Waals surface area contributed by atoms with E-state index >= 15 is 0 Å². The summed E-state index contributed by atoms with van der Waals surface area (Å²) in [7, 11) is -3.49. The molecule has 0 unspecified atom stereocenters. The van der Waals surface area contributed by atoms with Crippen LogP contribution in [0.25, 0.3) is 0 Å². The Labute approximate surface area is 150 Å². The SMILES string of the molecule is Cc1ccc(N[C@H]2CCCC[C@H]2NS(=O)(=O)c2ccccc2)c(C)c1. The molecule has 0 amide bonds. The first-order valence-corrected chi connectivity index (χ1v) is 10.4. The summed E-state index contributed by atoms with van der Waals surface area (Å²) in [5.74, 6) is 0. The highest BCUT2D eigenvalue weighted by Crippen LogP contribution is 2.26. The first-order chi connectivity index (χ1) is 12.0. The van der Waals surface area contributed by atoms with Crippen molar-refractivity contribution in [2.75, 3.05) is 5.32 Å². The summed E-state index contributed by atoms with van der Waals surface area (Å²) in [6.45, 7) is 4.16. The maximum absolute atomic E-state index is 12.7. The molecule has 0 spiro atoms. The molecular weight excluding hydrogens is 332 g/mol. The molecule has 4 nitrogen and oxygen atoms in total. The molecule has 0 saturated heterocycles. The quantitative estimate of drug-likeness (QED) is 0.849. The van der Waals surface area contributed by atoms with Crippen LogP contribution in [0.5, 0.6) is 0 Å². The lowest BCUT2D eigenvalue weighted by molar-refractivity contribution is 0.378. The number of aryl methyl sites for hydroxylation is 2. The van der Waals surface area contributed by atoms with Crippen molar-refractivity contribution >= 4 is 15.7 Å². The van der Waals surface area contributed by atoms with Gasteiger partial charge in [-0.1, -0.05) is 48.7 Å². The summed E-state index contributed by atoms with van der Waals surface area (Å²) < 4.78 is 28.3. The molecule has 1 aliphatic carbocycles. The van der Waals surface area contributed by atoms with Gasteiger partial charge in [-0.15, -0.1) is 0 Å². The summed E-state index contributed by atoms with van der Waals surface area (Å²) in [5.41, 5.74) is 3.50. The van der Waals surface area contributed by atoms with Crippen molar-refractivity contribution in [2.45, 2.75) is 56.5 Å². The smallest absolute Gasteiger partial charge is 0.240 e. The fourth-order valence-corrected chi connectivity index (χ4v) is 4.82. The molecule has 1 saturated carbocycles. The van der Waals surface area contributed by atoms with E-state index in [0.717, 1.165) is 31.4 Å². The molecule has 1 fully saturated rings. The highest BCUT2D eigenvalue weighted by Gasteiger charge is 2.29. The monoisotopic (exact) mass is 358 g/mol. The van der Waals surface area contributed by atoms with Crippen LogP contribution in [0, 0.1) is 13.8 Å². The Hall–Kier alpha value is -1.85. The molecule has 0 aromatic heterocycles. The fraction of sp³-hybridized carbons (Fsp3) is 0.400. The Morgan fingerprint density at radius 1 is 0.920 bits per heavy atom. The number of sulfonamides is 1. The third-order valence-corrected chi connectivity index (χ3v) is 6.35. The van der Waals surface area contributed by atoms with Gasteiger partial charge in [-0.3, -0.25) is 0 Å². The van der Waals surface area contributed by atoms with Gasteiger partial charge in [-0.25, -0.2) is 13.1 Å². The van der Waals surface area contributed by atoms with E-state index in [1.807, 2.05) is 6.07 Å². The molecular formula is C20H26N2O2S. The van der Waals surface area contributed by atoms with Crippen LogP contribution in [0.1, 0.15) is 36.8 Å². The van der Waals surface area contributed by atoms with E-state index in [1.165, 1.54) is 11.1 Å². The molecule has 5 heteroatoms. The van der Waals surface area contributed by atoms with E-state index in [9.17, 15) is 8.42 Å². The Bertz CT molecular complexity index is 819. The fourth-order valence-electron chi connectivity index (χ4n) is 3.49. The summed E-state index contributed by atoms with van der Waals surface area (Å²) >= 11 is 0. The van der Waals surface area contributed by atoms with Crippen LogP contribution in [-0.2, 0) is 10.0 Å². The molecule has 2 aromatic carbocycles. The molecule has 0 heterocycles. The molecule has 2 atom stereocenters. The van der Waals surface area contributed by atoms with Gasteiger partial charge in [0.1, 0.15) is 0 Å². The van der Waals surface area contributed by atoms with Gasteiger partial charge in [0.05, 0.1) is 4.90 Å². The summed E-state index contributed by atoms with van der Waals surface area (Å²) in [4.78, 5) is 0.325. The summed E-state index contributed by atoms with van der Waals surface area (Å²) in [5, 5.41) is 3.57. The summed E-state index contributed by atoms with van der Waals surface area (Å²) in [6, 6.07) is 14.9. The van der Waals surface area contributed by atoms with Crippen LogP contribution in [0.4, 0.5) is 5.69 Å². The lowest BCUT2D eigenvalue weighted by Gasteiger charge is -2.33. The van der Waals surface area contributed by atoms with E-state index < -0.39 is 10.0 Å². The lowest BCUT2D eigenvalue weighted by atomic mass is 9.90. The average Bonchev–Trinajstić information content (AvgIpc) is 2.59. The minimum absolute atomic E-state index is 0.0975. The number of anilines is 1. The number of benzene rings is 2. The van der Waals surface area contributed by atoms with Crippen LogP contribution in [0.15, 0.2) is 53.4 Å². The first kappa shape index (κ1) is 18.0. The van der Waals surface area contributed by atoms with Gasteiger partial charge in [0.25, 0.3) is 0 Å². The highest BCUT2D eigenvalue weighted by atomic mass is 32.2. The second-order valence-electron chi connectivity index (χ2n) is 6.89. The summed E-state index contributed by atoms with van der Waals surface area (Å²) in [6.07, 6.45) is 3.99. The Balaban J connectivity index is 1.77. The molecule has 2 N–H and O–H groups in total. The number of rotatable bonds is 5. The minimum Gasteiger partial charge on any atom is -0.380 e. The Morgan fingerprint density at radius 3 is 2.28 bits per heavy atom. The van der Waals surface area contributed by atoms with Crippen molar-refractivity contribution in [3.05, 3.63) is 59.7 Å². The maximum atomic E-state index is 12.7. The largest absolute Gasteiger partial charge is 0.380 e. The lowest BCUT2D eigenvalue weighted by Crippen LogP contribution is -2.48. The van der Waals surface area contributed by atoms with E-state index in [2.05, 4.69) is 42.1 Å². The third kappa shape index (κ3) is 4.41. The van der Waals surface area contributed by atoms with E-state index in [0.29, 0.717) is 4.90 Å². The molecule has 1 aliphatic rings. The minimum atomic E-state index is -3.49. The van der Waals surface area contributed by atoms with Gasteiger partial charge in [0, 0.05) is 17.8 Å². The van der Waals surface area contributed by atoms with Crippen molar-refractivity contribution < 1.29 is 8.42 Å². The molecule has 134 valence electrons. The van der Waals surface area contributed by atoms with Crippen molar-refractivity contribution in [1.82, 2.24) is 4.72 Å². The number of nitrogens with one attached hydrogen (secondary N) is 2. The number of hydrogen-bond acceptors (Lipinski definition) is 3. The van der Waals surface area contributed by atoms with Gasteiger partial charge in [0.2, 0.25) is 10.0 Å². The highest BCUT2D eigenvalue weighted by molar-refractivity contribution is 7.89. The van der Waals surface area contributed by atoms with Crippen LogP contribution >= 0.6 is 0 Å². The number of hydrogen-bond donors (Lipinski definition) is 2. The van der Waals surface area contributed by atoms with Crippen LogP contribution < -0.4 is 10.0 Å². The van der Waals surface area contributed by atoms with Gasteiger partial charge in [-0.2, -0.15) is 0 Å². The average molecular weight is 359 g/mol. The van der Waals surface area contributed by atoms with E-state index in [-0.39, 0.29) is 12.1 Å². The molecule has 3 rings (SSSR count). The third-order valence-electron chi connectivity index (χ3n) is 4.85. The van der Waals surface area contributed by atoms with Crippen molar-refractivity contribution in [2.24, 2.45) is 0 Å². The standard InChI is InChI=1S/C20H26N2O2S/c1-15-12-13-18(16(2)14-15)21-19-10-6-7-11-20(19)22-25(23,24)17-8-4-3-5-9-17/h3-5,8-9,12-14,19-22H,6-7,10-11H2,1-2H3/t19-,20+/m0/s1. The van der Waals surface area contributed by atoms with Crippen molar-refractivity contribution in [3.8, 4) is 0 Å². The molecule has 25 heavy (non-hydrogen) atoms. The van der Waals surface area contributed by atoms with Crippen LogP contribution in [-0.4, -0.2) is 20.5 Å². The Kier molecular flexibility index (Phi) is 5.45. The maximum Gasteiger partial charge on any atom is 0.240 e. The molecule has 0 bridgehead atoms. The topological polar surface area (TPSA) is 58.2 Å². The Morgan fingerprint density at radius 2 is 1.60 bits per heavy atom. The zero-order chi connectivity index (χ0) is 17.9. The van der Waals surface area contributed by atoms with Gasteiger partial charge < -0.3 is 5.32 Å². The van der Waals surface area contributed by atoms with Gasteiger partial charge >= 0.3 is 0 Å². The molecule has 0 radical (unpaired) electrons. The van der Waals surface area contributed by atoms with Gasteiger partial charge in [-0.05, 0) is 50.5 Å². The first-order valence-electron chi connectivity index (χ1n) is 8.87. The second kappa shape index (κ2) is 7.58. The zero-order valence-corrected chi connectivity index (χ0v) is 15.6. The predicted molar refractivity (Wildman–Crippen MR) is 102 cm³/mol. The van der Waals surface area contributed by atoms with Gasteiger partial charge in [0.15, 0.2) is 0 Å². The molecule has 2 aromatic rings. The van der Waals surface area contributed by atoms with Crippen molar-refractivity contribution in [1.29, 1.82) is 0 Å². The predicted octanol–water partition coefficient (Wildman–Crippen LogP) is 4.01. The van der Waals surface area contributed by atoms with Crippen molar-refractivity contribution in [3.63, 3.8) is 0 Å². The van der Waals surface area contributed by atoms with Crippen LogP contribution in [0.3, 0.4) is 0 Å². The molecule has 0 aliphatic heterocycles. The zero-order valence-electron chi connectivity index (χ0n) is 14.8.